The Balaban J connectivity index is 2.61. The van der Waals surface area contributed by atoms with Crippen LogP contribution in [0.15, 0.2) is 29.2 Å². The fraction of sp³-hybridized carbons (Fsp3) is 0.300. The van der Waals surface area contributed by atoms with Crippen LogP contribution in [0.25, 0.3) is 0 Å². The van der Waals surface area contributed by atoms with Crippen LogP contribution in [0.1, 0.15) is 6.92 Å². The lowest BCUT2D eigenvalue weighted by atomic mass is 10.1. The maximum Gasteiger partial charge on any atom is 0.336 e. The molecule has 0 unspecified atom stereocenters. The first-order valence-corrected chi connectivity index (χ1v) is 5.24. The van der Waals surface area contributed by atoms with Gasteiger partial charge in [0.1, 0.15) is 5.82 Å². The molecule has 0 bridgehead atoms. The molecular formula is C10H11FO3S. The van der Waals surface area contributed by atoms with Crippen LogP contribution in [0.5, 0.6) is 0 Å². The van der Waals surface area contributed by atoms with Crippen LogP contribution in [0.2, 0.25) is 0 Å². The number of carboxylic acid groups (broad SMARTS) is 1. The van der Waals surface area contributed by atoms with Crippen LogP contribution in [0.3, 0.4) is 0 Å². The zero-order valence-corrected chi connectivity index (χ0v) is 8.92. The van der Waals surface area contributed by atoms with E-state index in [1.54, 1.807) is 6.07 Å². The van der Waals surface area contributed by atoms with Gasteiger partial charge in [0.15, 0.2) is 5.60 Å². The summed E-state index contributed by atoms with van der Waals surface area (Å²) in [6.45, 7) is 1.21. The number of halogens is 1. The highest BCUT2D eigenvalue weighted by molar-refractivity contribution is 7.99. The van der Waals surface area contributed by atoms with Crippen molar-refractivity contribution in [2.24, 2.45) is 0 Å². The summed E-state index contributed by atoms with van der Waals surface area (Å²) in [4.78, 5) is 11.2. The number of hydrogen-bond acceptors (Lipinski definition) is 3. The van der Waals surface area contributed by atoms with Gasteiger partial charge < -0.3 is 10.2 Å². The molecule has 15 heavy (non-hydrogen) atoms. The van der Waals surface area contributed by atoms with E-state index < -0.39 is 11.6 Å². The van der Waals surface area contributed by atoms with Gasteiger partial charge in [0.05, 0.1) is 0 Å². The van der Waals surface area contributed by atoms with Crippen molar-refractivity contribution in [2.45, 2.75) is 17.4 Å². The Morgan fingerprint density at radius 1 is 1.60 bits per heavy atom. The molecule has 0 aliphatic rings. The smallest absolute Gasteiger partial charge is 0.336 e. The van der Waals surface area contributed by atoms with Crippen molar-refractivity contribution in [3.05, 3.63) is 30.1 Å². The van der Waals surface area contributed by atoms with E-state index in [0.29, 0.717) is 4.90 Å². The molecule has 1 aromatic carbocycles. The first-order chi connectivity index (χ1) is 6.92. The van der Waals surface area contributed by atoms with Crippen LogP contribution in [-0.2, 0) is 4.79 Å². The maximum atomic E-state index is 12.8. The zero-order chi connectivity index (χ0) is 11.5. The normalized spacial score (nSPS) is 14.6. The van der Waals surface area contributed by atoms with Crippen LogP contribution in [0.4, 0.5) is 4.39 Å². The summed E-state index contributed by atoms with van der Waals surface area (Å²) in [6, 6.07) is 5.79. The van der Waals surface area contributed by atoms with Crippen LogP contribution in [0, 0.1) is 5.82 Å². The van der Waals surface area contributed by atoms with E-state index in [2.05, 4.69) is 0 Å². The van der Waals surface area contributed by atoms with Gasteiger partial charge in [0.25, 0.3) is 0 Å². The van der Waals surface area contributed by atoms with E-state index in [4.69, 9.17) is 5.11 Å². The van der Waals surface area contributed by atoms with E-state index >= 15 is 0 Å². The van der Waals surface area contributed by atoms with Crippen molar-refractivity contribution in [2.75, 3.05) is 5.75 Å². The van der Waals surface area contributed by atoms with Crippen molar-refractivity contribution >= 4 is 17.7 Å². The van der Waals surface area contributed by atoms with Crippen molar-refractivity contribution < 1.29 is 19.4 Å². The maximum absolute atomic E-state index is 12.8. The molecule has 0 heterocycles. The molecule has 5 heteroatoms. The predicted molar refractivity (Wildman–Crippen MR) is 55.4 cm³/mol. The lowest BCUT2D eigenvalue weighted by Gasteiger charge is -2.16. The number of carbonyl (C=O) groups is 1. The summed E-state index contributed by atoms with van der Waals surface area (Å²) in [5, 5.41) is 18.0. The number of thioether (sulfide) groups is 1. The summed E-state index contributed by atoms with van der Waals surface area (Å²) < 4.78 is 12.8. The Morgan fingerprint density at radius 2 is 2.27 bits per heavy atom. The van der Waals surface area contributed by atoms with Gasteiger partial charge in [-0.05, 0) is 25.1 Å². The Morgan fingerprint density at radius 3 is 2.80 bits per heavy atom. The molecule has 0 amide bonds. The first kappa shape index (κ1) is 12.0. The molecule has 3 nitrogen and oxygen atoms in total. The summed E-state index contributed by atoms with van der Waals surface area (Å²) >= 11 is 1.10. The number of benzene rings is 1. The van der Waals surface area contributed by atoms with E-state index in [9.17, 15) is 14.3 Å². The molecule has 0 aliphatic carbocycles. The lowest BCUT2D eigenvalue weighted by molar-refractivity contribution is -0.154. The second-order valence-electron chi connectivity index (χ2n) is 3.33. The highest BCUT2D eigenvalue weighted by Crippen LogP contribution is 2.23. The molecule has 0 spiro atoms. The third kappa shape index (κ3) is 3.53. The fourth-order valence-corrected chi connectivity index (χ4v) is 1.78. The van der Waals surface area contributed by atoms with Crippen molar-refractivity contribution in [3.63, 3.8) is 0 Å². The monoisotopic (exact) mass is 230 g/mol. The summed E-state index contributed by atoms with van der Waals surface area (Å²) in [5.74, 6) is -1.69. The minimum Gasteiger partial charge on any atom is -0.479 e. The van der Waals surface area contributed by atoms with E-state index in [1.807, 2.05) is 0 Å². The Bertz CT molecular complexity index is 365. The Labute approximate surface area is 90.9 Å². The largest absolute Gasteiger partial charge is 0.479 e. The van der Waals surface area contributed by atoms with E-state index in [0.717, 1.165) is 11.8 Å². The van der Waals surface area contributed by atoms with Crippen molar-refractivity contribution in [1.82, 2.24) is 0 Å². The molecule has 0 fully saturated rings. The highest BCUT2D eigenvalue weighted by atomic mass is 32.2. The average molecular weight is 230 g/mol. The van der Waals surface area contributed by atoms with Gasteiger partial charge in [-0.2, -0.15) is 0 Å². The van der Waals surface area contributed by atoms with Crippen LogP contribution >= 0.6 is 11.8 Å². The SMILES string of the molecule is C[C@](O)(CSc1cccc(F)c1)C(=O)O. The summed E-state index contributed by atoms with van der Waals surface area (Å²) in [7, 11) is 0. The molecule has 1 atom stereocenters. The van der Waals surface area contributed by atoms with Gasteiger partial charge in [-0.3, -0.25) is 0 Å². The first-order valence-electron chi connectivity index (χ1n) is 4.26. The minimum absolute atomic E-state index is 0.0220. The van der Waals surface area contributed by atoms with Gasteiger partial charge in [-0.25, -0.2) is 9.18 Å². The number of aliphatic hydroxyl groups is 1. The van der Waals surface area contributed by atoms with Gasteiger partial charge in [-0.15, -0.1) is 11.8 Å². The quantitative estimate of drug-likeness (QED) is 0.774. The fourth-order valence-electron chi connectivity index (χ4n) is 0.842. The molecular weight excluding hydrogens is 219 g/mol. The molecule has 0 radical (unpaired) electrons. The molecule has 0 aromatic heterocycles. The van der Waals surface area contributed by atoms with Gasteiger partial charge >= 0.3 is 5.97 Å². The van der Waals surface area contributed by atoms with Gasteiger partial charge in [-0.1, -0.05) is 6.07 Å². The van der Waals surface area contributed by atoms with Gasteiger partial charge in [0, 0.05) is 10.6 Å². The molecule has 0 aliphatic heterocycles. The minimum atomic E-state index is -1.79. The van der Waals surface area contributed by atoms with Crippen LogP contribution in [-0.4, -0.2) is 27.5 Å². The molecule has 1 rings (SSSR count). The highest BCUT2D eigenvalue weighted by Gasteiger charge is 2.29. The predicted octanol–water partition coefficient (Wildman–Crippen LogP) is 1.75. The van der Waals surface area contributed by atoms with Crippen LogP contribution < -0.4 is 0 Å². The van der Waals surface area contributed by atoms with E-state index in [1.165, 1.54) is 25.1 Å². The molecule has 82 valence electrons. The number of rotatable bonds is 4. The topological polar surface area (TPSA) is 57.5 Å². The number of hydrogen-bond donors (Lipinski definition) is 2. The summed E-state index contributed by atoms with van der Waals surface area (Å²) in [6.07, 6.45) is 0. The zero-order valence-electron chi connectivity index (χ0n) is 8.11. The van der Waals surface area contributed by atoms with Gasteiger partial charge in [0.2, 0.25) is 0 Å². The Kier molecular flexibility index (Phi) is 3.71. The molecule has 2 N–H and O–H groups in total. The molecule has 1 aromatic rings. The standard InChI is InChI=1S/C10H11FO3S/c1-10(14,9(12)13)6-15-8-4-2-3-7(11)5-8/h2-5,14H,6H2,1H3,(H,12,13)/t10-/m0/s1. The van der Waals surface area contributed by atoms with E-state index in [-0.39, 0.29) is 11.6 Å². The lowest BCUT2D eigenvalue weighted by Crippen LogP contribution is -2.37. The number of aliphatic carboxylic acids is 1. The Hall–Kier alpha value is -1.07. The second-order valence-corrected chi connectivity index (χ2v) is 4.37. The third-order valence-corrected chi connectivity index (χ3v) is 3.07. The molecule has 0 saturated heterocycles. The van der Waals surface area contributed by atoms with Crippen molar-refractivity contribution in [3.8, 4) is 0 Å². The summed E-state index contributed by atoms with van der Waals surface area (Å²) in [5.41, 5.74) is -1.79. The second kappa shape index (κ2) is 4.63. The average Bonchev–Trinajstić information content (AvgIpc) is 2.15. The van der Waals surface area contributed by atoms with Crippen molar-refractivity contribution in [1.29, 1.82) is 0 Å². The number of carboxylic acids is 1. The molecule has 0 saturated carbocycles. The third-order valence-electron chi connectivity index (χ3n) is 1.78.